The Morgan fingerprint density at radius 1 is 1.00 bits per heavy atom. The van der Waals surface area contributed by atoms with E-state index in [1.165, 1.54) is 6.07 Å². The number of hydroxylamine groups is 1. The number of halogens is 1. The average molecular weight is 442 g/mol. The molecule has 1 aromatic heterocycles. The van der Waals surface area contributed by atoms with Crippen molar-refractivity contribution in [2.45, 2.75) is 19.6 Å². The molecule has 7 heteroatoms. The first kappa shape index (κ1) is 21.1. The van der Waals surface area contributed by atoms with Crippen LogP contribution in [0.4, 0.5) is 4.39 Å². The molecule has 0 unspecified atom stereocenters. The zero-order valence-corrected chi connectivity index (χ0v) is 18.1. The zero-order valence-electron chi connectivity index (χ0n) is 18.1. The lowest BCUT2D eigenvalue weighted by Crippen LogP contribution is -2.22. The lowest BCUT2D eigenvalue weighted by molar-refractivity contribution is 0.0705. The minimum Gasteiger partial charge on any atom is -0.296 e. The molecule has 3 aromatic carbocycles. The summed E-state index contributed by atoms with van der Waals surface area (Å²) in [6.07, 6.45) is 0. The average Bonchev–Trinajstić information content (AvgIpc) is 3.35. The second-order valence-electron chi connectivity index (χ2n) is 8.22. The normalized spacial score (nSPS) is 13.2. The van der Waals surface area contributed by atoms with Crippen molar-refractivity contribution >= 4 is 5.91 Å². The maximum Gasteiger partial charge on any atom is 0.275 e. The minimum absolute atomic E-state index is 0.244. The van der Waals surface area contributed by atoms with Crippen LogP contribution in [0.25, 0.3) is 22.4 Å². The summed E-state index contributed by atoms with van der Waals surface area (Å²) in [5.41, 5.74) is 7.66. The first-order chi connectivity index (χ1) is 16.1. The Balaban J connectivity index is 1.70. The fourth-order valence-corrected chi connectivity index (χ4v) is 4.56. The largest absolute Gasteiger partial charge is 0.296 e. The second kappa shape index (κ2) is 8.61. The number of rotatable bonds is 5. The maximum absolute atomic E-state index is 14.9. The van der Waals surface area contributed by atoms with Gasteiger partial charge in [0.15, 0.2) is 0 Å². The van der Waals surface area contributed by atoms with E-state index >= 15 is 0 Å². The SMILES string of the molecule is CN1Cc2nn(Cc3c(C(=O)NO)cccc3-c3ccccc3)c(-c3ccccc3F)c2C1. The Labute approximate surface area is 190 Å². The molecule has 0 fully saturated rings. The Morgan fingerprint density at radius 2 is 1.73 bits per heavy atom. The number of hydrogen-bond donors (Lipinski definition) is 2. The number of nitrogens with one attached hydrogen (secondary N) is 1. The van der Waals surface area contributed by atoms with E-state index in [0.29, 0.717) is 35.5 Å². The molecular weight excluding hydrogens is 419 g/mol. The van der Waals surface area contributed by atoms with Crippen molar-refractivity contribution < 1.29 is 14.4 Å². The van der Waals surface area contributed by atoms with Gasteiger partial charge in [0.1, 0.15) is 5.82 Å². The zero-order chi connectivity index (χ0) is 22.9. The maximum atomic E-state index is 14.9. The monoisotopic (exact) mass is 442 g/mol. The van der Waals surface area contributed by atoms with Gasteiger partial charge in [0.05, 0.1) is 17.9 Å². The molecule has 5 rings (SSSR count). The smallest absolute Gasteiger partial charge is 0.275 e. The third-order valence-electron chi connectivity index (χ3n) is 6.03. The molecule has 1 aliphatic rings. The van der Waals surface area contributed by atoms with Crippen LogP contribution >= 0.6 is 0 Å². The number of hydrogen-bond acceptors (Lipinski definition) is 4. The number of carbonyl (C=O) groups is 1. The highest BCUT2D eigenvalue weighted by Gasteiger charge is 2.28. The summed E-state index contributed by atoms with van der Waals surface area (Å²) in [6, 6.07) is 21.8. The highest BCUT2D eigenvalue weighted by molar-refractivity contribution is 5.97. The van der Waals surface area contributed by atoms with Gasteiger partial charge in [-0.1, -0.05) is 54.6 Å². The summed E-state index contributed by atoms with van der Waals surface area (Å²) in [4.78, 5) is 14.7. The molecule has 0 bridgehead atoms. The highest BCUT2D eigenvalue weighted by atomic mass is 19.1. The molecule has 0 atom stereocenters. The van der Waals surface area contributed by atoms with Crippen molar-refractivity contribution in [3.63, 3.8) is 0 Å². The van der Waals surface area contributed by atoms with E-state index in [9.17, 15) is 14.4 Å². The van der Waals surface area contributed by atoms with E-state index in [1.807, 2.05) is 49.5 Å². The molecule has 166 valence electrons. The number of fused-ring (bicyclic) bond motifs is 1. The standard InChI is InChI=1S/C26H23FN4O2/c1-30-14-22-24(16-30)28-31(25(22)20-10-5-6-13-23(20)27)15-21-18(17-8-3-2-4-9-17)11-7-12-19(21)26(32)29-33/h2-13,33H,14-16H2,1H3,(H,29,32). The highest BCUT2D eigenvalue weighted by Crippen LogP contribution is 2.35. The summed E-state index contributed by atoms with van der Waals surface area (Å²) in [5, 5.41) is 14.2. The molecule has 0 aliphatic carbocycles. The molecule has 0 saturated heterocycles. The summed E-state index contributed by atoms with van der Waals surface area (Å²) in [6.45, 7) is 1.59. The van der Waals surface area contributed by atoms with Gasteiger partial charge in [0.2, 0.25) is 0 Å². The molecule has 2 N–H and O–H groups in total. The predicted molar refractivity (Wildman–Crippen MR) is 123 cm³/mol. The van der Waals surface area contributed by atoms with Crippen molar-refractivity contribution in [1.82, 2.24) is 20.2 Å². The summed E-state index contributed by atoms with van der Waals surface area (Å²) < 4.78 is 16.7. The van der Waals surface area contributed by atoms with Crippen molar-refractivity contribution in [1.29, 1.82) is 0 Å². The van der Waals surface area contributed by atoms with Gasteiger partial charge in [-0.25, -0.2) is 9.87 Å². The number of carbonyl (C=O) groups excluding carboxylic acids is 1. The minimum atomic E-state index is -0.602. The first-order valence-electron chi connectivity index (χ1n) is 10.7. The number of aromatic nitrogens is 2. The van der Waals surface area contributed by atoms with Gasteiger partial charge in [-0.3, -0.25) is 19.6 Å². The van der Waals surface area contributed by atoms with Gasteiger partial charge in [0, 0.05) is 29.8 Å². The van der Waals surface area contributed by atoms with Crippen LogP contribution in [0, 0.1) is 5.82 Å². The Bertz CT molecular complexity index is 1330. The lowest BCUT2D eigenvalue weighted by Gasteiger charge is -2.17. The van der Waals surface area contributed by atoms with Crippen LogP contribution in [0.5, 0.6) is 0 Å². The Hall–Kier alpha value is -3.81. The topological polar surface area (TPSA) is 70.4 Å². The Morgan fingerprint density at radius 3 is 2.48 bits per heavy atom. The first-order valence-corrected chi connectivity index (χ1v) is 10.7. The summed E-state index contributed by atoms with van der Waals surface area (Å²) in [5.74, 6) is -0.921. The van der Waals surface area contributed by atoms with Crippen molar-refractivity contribution in [2.75, 3.05) is 7.05 Å². The molecule has 33 heavy (non-hydrogen) atoms. The van der Waals surface area contributed by atoms with Gasteiger partial charge >= 0.3 is 0 Å². The van der Waals surface area contributed by atoms with Crippen LogP contribution in [0.2, 0.25) is 0 Å². The van der Waals surface area contributed by atoms with E-state index < -0.39 is 5.91 Å². The van der Waals surface area contributed by atoms with Crippen molar-refractivity contribution in [3.05, 3.63) is 101 Å². The fraction of sp³-hybridized carbons (Fsp3) is 0.154. The van der Waals surface area contributed by atoms with Crippen molar-refractivity contribution in [2.24, 2.45) is 0 Å². The van der Waals surface area contributed by atoms with Gasteiger partial charge in [-0.05, 0) is 41.9 Å². The molecule has 0 spiro atoms. The number of amides is 1. The molecule has 6 nitrogen and oxygen atoms in total. The van der Waals surface area contributed by atoms with Gasteiger partial charge in [0.25, 0.3) is 5.91 Å². The van der Waals surface area contributed by atoms with E-state index in [4.69, 9.17) is 5.10 Å². The molecule has 4 aromatic rings. The molecule has 1 aliphatic heterocycles. The lowest BCUT2D eigenvalue weighted by atomic mass is 9.94. The fourth-order valence-electron chi connectivity index (χ4n) is 4.56. The van der Waals surface area contributed by atoms with Gasteiger partial charge in [-0.2, -0.15) is 5.10 Å². The third kappa shape index (κ3) is 3.82. The summed E-state index contributed by atoms with van der Waals surface area (Å²) in [7, 11) is 2.01. The van der Waals surface area contributed by atoms with Gasteiger partial charge in [-0.15, -0.1) is 0 Å². The van der Waals surface area contributed by atoms with E-state index in [1.54, 1.807) is 34.4 Å². The second-order valence-corrected chi connectivity index (χ2v) is 8.22. The predicted octanol–water partition coefficient (Wildman–Crippen LogP) is 4.47. The van der Waals surface area contributed by atoms with Crippen LogP contribution in [-0.4, -0.2) is 32.8 Å². The third-order valence-corrected chi connectivity index (χ3v) is 6.03. The molecule has 0 saturated carbocycles. The number of benzene rings is 3. The van der Waals surface area contributed by atoms with Crippen LogP contribution in [0.3, 0.4) is 0 Å². The molecule has 1 amide bonds. The van der Waals surface area contributed by atoms with E-state index in [2.05, 4.69) is 4.90 Å². The van der Waals surface area contributed by atoms with Crippen LogP contribution < -0.4 is 5.48 Å². The number of nitrogens with zero attached hydrogens (tertiary/aromatic N) is 3. The molecule has 0 radical (unpaired) electrons. The van der Waals surface area contributed by atoms with Crippen LogP contribution in [-0.2, 0) is 19.6 Å². The quantitative estimate of drug-likeness (QED) is 0.354. The van der Waals surface area contributed by atoms with Crippen LogP contribution in [0.1, 0.15) is 27.2 Å². The van der Waals surface area contributed by atoms with Gasteiger partial charge < -0.3 is 0 Å². The van der Waals surface area contributed by atoms with E-state index in [0.717, 1.165) is 22.4 Å². The summed E-state index contributed by atoms with van der Waals surface area (Å²) >= 11 is 0. The van der Waals surface area contributed by atoms with E-state index in [-0.39, 0.29) is 12.4 Å². The van der Waals surface area contributed by atoms with Crippen molar-refractivity contribution in [3.8, 4) is 22.4 Å². The van der Waals surface area contributed by atoms with Crippen LogP contribution in [0.15, 0.2) is 72.8 Å². The molecular formula is C26H23FN4O2. The molecule has 2 heterocycles. The Kier molecular flexibility index (Phi) is 5.50.